The lowest BCUT2D eigenvalue weighted by Gasteiger charge is -2.38. The molecule has 1 fully saturated rings. The smallest absolute Gasteiger partial charge is 0.193 e. The third-order valence-corrected chi connectivity index (χ3v) is 9.31. The topological polar surface area (TPSA) is 71.7 Å². The molecule has 0 bridgehead atoms. The van der Waals surface area contributed by atoms with Crippen molar-refractivity contribution >= 4 is 8.32 Å². The maximum absolute atomic E-state index is 9.65. The molecule has 0 unspecified atom stereocenters. The Bertz CT molecular complexity index is 579. The van der Waals surface area contributed by atoms with Crippen LogP contribution >= 0.6 is 0 Å². The van der Waals surface area contributed by atoms with E-state index in [0.29, 0.717) is 0 Å². The summed E-state index contributed by atoms with van der Waals surface area (Å²) in [5.41, 5.74) is 0.863. The van der Waals surface area contributed by atoms with Gasteiger partial charge in [-0.3, -0.25) is 0 Å². The van der Waals surface area contributed by atoms with Gasteiger partial charge < -0.3 is 19.0 Å². The molecule has 1 N–H and O–H groups in total. The predicted octanol–water partition coefficient (Wildman–Crippen LogP) is 3.38. The summed E-state index contributed by atoms with van der Waals surface area (Å²) in [6, 6.07) is 11.7. The lowest BCUT2D eigenvalue weighted by Crippen LogP contribution is -2.49. The molecule has 0 saturated carbocycles. The number of hydrogen-bond donors (Lipinski definition) is 1. The lowest BCUT2D eigenvalue weighted by atomic mass is 10.1. The molecule has 132 valence electrons. The first kappa shape index (κ1) is 19.1. The van der Waals surface area contributed by atoms with Crippen molar-refractivity contribution < 1.29 is 19.0 Å². The number of hydrogen-bond acceptors (Lipinski definition) is 5. The second kappa shape index (κ2) is 7.34. The van der Waals surface area contributed by atoms with Crippen molar-refractivity contribution in [2.24, 2.45) is 0 Å². The van der Waals surface area contributed by atoms with E-state index in [1.165, 1.54) is 0 Å². The molecule has 0 spiro atoms. The Morgan fingerprint density at radius 2 is 1.88 bits per heavy atom. The Hall–Kier alpha value is -1.23. The van der Waals surface area contributed by atoms with E-state index >= 15 is 0 Å². The van der Waals surface area contributed by atoms with Gasteiger partial charge in [-0.25, -0.2) is 0 Å². The molecular formula is C18H27NO4Si. The van der Waals surface area contributed by atoms with Crippen LogP contribution in [-0.4, -0.2) is 38.3 Å². The molecule has 5 nitrogen and oxygen atoms in total. The number of nitriles is 1. The Morgan fingerprint density at radius 3 is 2.38 bits per heavy atom. The molecule has 0 amide bonds. The monoisotopic (exact) mass is 349 g/mol. The van der Waals surface area contributed by atoms with Gasteiger partial charge in [0.2, 0.25) is 0 Å². The van der Waals surface area contributed by atoms with Gasteiger partial charge in [0.15, 0.2) is 20.7 Å². The molecule has 1 aliphatic heterocycles. The minimum atomic E-state index is -2.14. The first-order chi connectivity index (χ1) is 11.2. The fourth-order valence-corrected chi connectivity index (χ4v) is 3.52. The summed E-state index contributed by atoms with van der Waals surface area (Å²) in [6.07, 6.45) is -2.55. The van der Waals surface area contributed by atoms with Gasteiger partial charge in [0.05, 0.1) is 12.7 Å². The van der Waals surface area contributed by atoms with E-state index in [2.05, 4.69) is 39.9 Å². The summed E-state index contributed by atoms with van der Waals surface area (Å²) >= 11 is 0. The molecular weight excluding hydrogens is 322 g/mol. The fourth-order valence-electron chi connectivity index (χ4n) is 2.34. The molecule has 1 saturated heterocycles. The molecule has 0 aliphatic carbocycles. The van der Waals surface area contributed by atoms with Crippen molar-refractivity contribution in [1.29, 1.82) is 5.26 Å². The average Bonchev–Trinajstić information content (AvgIpc) is 2.96. The molecule has 2 rings (SSSR count). The standard InChI is InChI=1S/C18H27NO4Si/c1-18(2,3)24(4,5)23-14(11-19)16-15(12-20)21-17(22-16)13-9-7-6-8-10-13/h6-10,14-17,20H,12H2,1-5H3/t14-,15+,16-,17+/m0/s1. The zero-order chi connectivity index (χ0) is 18.0. The Morgan fingerprint density at radius 1 is 1.25 bits per heavy atom. The summed E-state index contributed by atoms with van der Waals surface area (Å²) < 4.78 is 18.0. The van der Waals surface area contributed by atoms with Crippen LogP contribution in [0.1, 0.15) is 32.6 Å². The molecule has 1 aromatic rings. The van der Waals surface area contributed by atoms with E-state index in [4.69, 9.17) is 13.9 Å². The van der Waals surface area contributed by atoms with Crippen molar-refractivity contribution in [3.63, 3.8) is 0 Å². The minimum absolute atomic E-state index is 0.0187. The predicted molar refractivity (Wildman–Crippen MR) is 93.7 cm³/mol. The van der Waals surface area contributed by atoms with Gasteiger partial charge in [0, 0.05) is 5.56 Å². The van der Waals surface area contributed by atoms with Crippen molar-refractivity contribution in [3.05, 3.63) is 35.9 Å². The molecule has 4 atom stereocenters. The largest absolute Gasteiger partial charge is 0.399 e. The molecule has 0 aromatic heterocycles. The Labute approximate surface area is 145 Å². The summed E-state index contributed by atoms with van der Waals surface area (Å²) in [5.74, 6) is 0. The molecule has 0 radical (unpaired) electrons. The van der Waals surface area contributed by atoms with Gasteiger partial charge in [-0.05, 0) is 18.1 Å². The van der Waals surface area contributed by atoms with Crippen LogP contribution in [0.5, 0.6) is 0 Å². The number of benzene rings is 1. The second-order valence-corrected chi connectivity index (χ2v) is 12.4. The van der Waals surface area contributed by atoms with Crippen LogP contribution < -0.4 is 0 Å². The average molecular weight is 350 g/mol. The van der Waals surface area contributed by atoms with E-state index in [1.54, 1.807) is 0 Å². The zero-order valence-corrected chi connectivity index (χ0v) is 16.0. The van der Waals surface area contributed by atoms with Gasteiger partial charge in [0.1, 0.15) is 12.2 Å². The summed E-state index contributed by atoms with van der Waals surface area (Å²) in [7, 11) is -2.14. The van der Waals surface area contributed by atoms with Gasteiger partial charge in [-0.1, -0.05) is 51.1 Å². The van der Waals surface area contributed by atoms with Crippen LogP contribution in [0.4, 0.5) is 0 Å². The molecule has 1 heterocycles. The number of rotatable bonds is 5. The van der Waals surface area contributed by atoms with Crippen molar-refractivity contribution in [1.82, 2.24) is 0 Å². The number of nitrogens with zero attached hydrogens (tertiary/aromatic N) is 1. The Balaban J connectivity index is 2.17. The maximum atomic E-state index is 9.65. The van der Waals surface area contributed by atoms with Crippen LogP contribution in [0, 0.1) is 11.3 Å². The highest BCUT2D eigenvalue weighted by Crippen LogP contribution is 2.40. The van der Waals surface area contributed by atoms with Crippen LogP contribution in [-0.2, 0) is 13.9 Å². The van der Waals surface area contributed by atoms with E-state index < -0.39 is 32.9 Å². The number of aliphatic hydroxyl groups is 1. The fraction of sp³-hybridized carbons (Fsp3) is 0.611. The highest BCUT2D eigenvalue weighted by atomic mass is 28.4. The first-order valence-electron chi connectivity index (χ1n) is 8.24. The third kappa shape index (κ3) is 4.05. The lowest BCUT2D eigenvalue weighted by molar-refractivity contribution is -0.0803. The quantitative estimate of drug-likeness (QED) is 0.825. The number of ether oxygens (including phenoxy) is 2. The van der Waals surface area contributed by atoms with E-state index in [1.807, 2.05) is 30.3 Å². The van der Waals surface area contributed by atoms with Crippen molar-refractivity contribution in [2.45, 2.75) is 63.5 Å². The van der Waals surface area contributed by atoms with Gasteiger partial charge in [0.25, 0.3) is 0 Å². The van der Waals surface area contributed by atoms with Crippen molar-refractivity contribution in [3.8, 4) is 6.07 Å². The van der Waals surface area contributed by atoms with Crippen LogP contribution in [0.15, 0.2) is 30.3 Å². The van der Waals surface area contributed by atoms with Gasteiger partial charge in [-0.15, -0.1) is 0 Å². The summed E-state index contributed by atoms with van der Waals surface area (Å²) in [4.78, 5) is 0. The molecule has 24 heavy (non-hydrogen) atoms. The maximum Gasteiger partial charge on any atom is 0.193 e. The van der Waals surface area contributed by atoms with Gasteiger partial charge >= 0.3 is 0 Å². The van der Waals surface area contributed by atoms with Crippen molar-refractivity contribution in [2.75, 3.05) is 6.61 Å². The van der Waals surface area contributed by atoms with Crippen LogP contribution in [0.2, 0.25) is 18.1 Å². The first-order valence-corrected chi connectivity index (χ1v) is 11.1. The highest BCUT2D eigenvalue weighted by molar-refractivity contribution is 6.74. The molecule has 1 aliphatic rings. The summed E-state index contributed by atoms with van der Waals surface area (Å²) in [6.45, 7) is 10.3. The van der Waals surface area contributed by atoms with E-state index in [0.717, 1.165) is 5.56 Å². The van der Waals surface area contributed by atoms with Crippen LogP contribution in [0.3, 0.4) is 0 Å². The number of aliphatic hydroxyl groups excluding tert-OH is 1. The molecule has 6 heteroatoms. The zero-order valence-electron chi connectivity index (χ0n) is 15.0. The summed E-state index contributed by atoms with van der Waals surface area (Å²) in [5, 5.41) is 19.2. The van der Waals surface area contributed by atoms with E-state index in [9.17, 15) is 10.4 Å². The minimum Gasteiger partial charge on any atom is -0.399 e. The second-order valence-electron chi connectivity index (χ2n) is 7.63. The van der Waals surface area contributed by atoms with Gasteiger partial charge in [-0.2, -0.15) is 5.26 Å². The SMILES string of the molecule is CC(C)(C)[Si](C)(C)O[C@@H](C#N)[C@@H]1O[C@H](c2ccccc2)O[C@@H]1CO. The normalized spacial score (nSPS) is 26.1. The molecule has 1 aromatic carbocycles. The van der Waals surface area contributed by atoms with Crippen LogP contribution in [0.25, 0.3) is 0 Å². The third-order valence-electron chi connectivity index (χ3n) is 4.85. The highest BCUT2D eigenvalue weighted by Gasteiger charge is 2.46. The van der Waals surface area contributed by atoms with E-state index in [-0.39, 0.29) is 11.6 Å². The Kier molecular flexibility index (Phi) is 5.84.